The van der Waals surface area contributed by atoms with E-state index in [-0.39, 0.29) is 25.1 Å². The van der Waals surface area contributed by atoms with Crippen LogP contribution in [-0.2, 0) is 0 Å². The predicted molar refractivity (Wildman–Crippen MR) is 56.7 cm³/mol. The number of rotatable bonds is 4. The standard InChI is InChI=1S/C13H10IO3/c1-4-10(15-7-1)13(11-5-2-8-16-11)14-12-6-3-9-17-12/h1-9,13H/q-1. The van der Waals surface area contributed by atoms with Gasteiger partial charge in [0.2, 0.25) is 0 Å². The first kappa shape index (κ1) is 10.7. The van der Waals surface area contributed by atoms with Gasteiger partial charge >= 0.3 is 109 Å². The van der Waals surface area contributed by atoms with Gasteiger partial charge in [0.15, 0.2) is 0 Å². The third-order valence-electron chi connectivity index (χ3n) is 2.29. The molecule has 0 aromatic carbocycles. The Kier molecular flexibility index (Phi) is 3.04. The normalized spacial score (nSPS) is 11.4. The van der Waals surface area contributed by atoms with Crippen LogP contribution < -0.4 is 21.2 Å². The Bertz CT molecular complexity index is 503. The van der Waals surface area contributed by atoms with E-state index in [9.17, 15) is 0 Å². The molecule has 0 saturated heterocycles. The van der Waals surface area contributed by atoms with Crippen molar-refractivity contribution in [1.82, 2.24) is 0 Å². The quantitative estimate of drug-likeness (QED) is 0.513. The van der Waals surface area contributed by atoms with Crippen molar-refractivity contribution < 1.29 is 34.5 Å². The van der Waals surface area contributed by atoms with Crippen LogP contribution in [-0.4, -0.2) is 0 Å². The molecule has 3 rings (SSSR count). The van der Waals surface area contributed by atoms with Crippen LogP contribution in [0.3, 0.4) is 0 Å². The molecule has 0 aliphatic heterocycles. The zero-order valence-electron chi connectivity index (χ0n) is 8.88. The van der Waals surface area contributed by atoms with Gasteiger partial charge in [0.25, 0.3) is 0 Å². The van der Waals surface area contributed by atoms with Crippen molar-refractivity contribution in [2.75, 3.05) is 0 Å². The maximum absolute atomic E-state index is 5.49. The number of furan rings is 3. The minimum absolute atomic E-state index is 0.171. The van der Waals surface area contributed by atoms with Crippen LogP contribution >= 0.6 is 0 Å². The van der Waals surface area contributed by atoms with Crippen LogP contribution in [0, 0.1) is 3.77 Å². The first-order valence-corrected chi connectivity index (χ1v) is 7.49. The van der Waals surface area contributed by atoms with E-state index in [0.717, 1.165) is 15.3 Å². The molecule has 17 heavy (non-hydrogen) atoms. The molecule has 3 aromatic heterocycles. The molecule has 0 N–H and O–H groups in total. The molecule has 0 aliphatic carbocycles. The molecule has 4 heteroatoms. The Morgan fingerprint density at radius 3 is 1.82 bits per heavy atom. The third kappa shape index (κ3) is 2.31. The molecule has 0 bridgehead atoms. The topological polar surface area (TPSA) is 39.4 Å². The summed E-state index contributed by atoms with van der Waals surface area (Å²) in [6.07, 6.45) is 5.09. The second-order valence-electron chi connectivity index (χ2n) is 3.42. The van der Waals surface area contributed by atoms with Gasteiger partial charge in [-0.2, -0.15) is 0 Å². The Hall–Kier alpha value is -1.43. The molecule has 3 nitrogen and oxygen atoms in total. The van der Waals surface area contributed by atoms with Gasteiger partial charge < -0.3 is 0 Å². The summed E-state index contributed by atoms with van der Waals surface area (Å²) >= 11 is -0.361. The van der Waals surface area contributed by atoms with Crippen LogP contribution in [0.5, 0.6) is 0 Å². The molecule has 0 spiro atoms. The average Bonchev–Trinajstić information content (AvgIpc) is 3.09. The molecule has 0 aliphatic rings. The SMILES string of the molecule is c1coc([I-]C(c2ccco2)c2ccco2)c1. The van der Waals surface area contributed by atoms with Gasteiger partial charge in [-0.05, 0) is 0 Å². The average molecular weight is 341 g/mol. The Morgan fingerprint density at radius 1 is 0.765 bits per heavy atom. The van der Waals surface area contributed by atoms with Gasteiger partial charge in [0.1, 0.15) is 0 Å². The molecule has 0 saturated carbocycles. The van der Waals surface area contributed by atoms with Crippen molar-refractivity contribution in [1.29, 1.82) is 0 Å². The van der Waals surface area contributed by atoms with Gasteiger partial charge in [0.05, 0.1) is 0 Å². The Labute approximate surface area is 109 Å². The minimum atomic E-state index is -0.361. The van der Waals surface area contributed by atoms with Crippen molar-refractivity contribution >= 4 is 0 Å². The van der Waals surface area contributed by atoms with E-state index in [1.54, 1.807) is 18.8 Å². The van der Waals surface area contributed by atoms with Crippen LogP contribution in [0.25, 0.3) is 0 Å². The zero-order chi connectivity index (χ0) is 11.5. The van der Waals surface area contributed by atoms with Gasteiger partial charge in [-0.25, -0.2) is 0 Å². The van der Waals surface area contributed by atoms with E-state index >= 15 is 0 Å². The zero-order valence-corrected chi connectivity index (χ0v) is 11.0. The van der Waals surface area contributed by atoms with Crippen molar-refractivity contribution in [2.24, 2.45) is 0 Å². The second kappa shape index (κ2) is 4.83. The summed E-state index contributed by atoms with van der Waals surface area (Å²) in [6.45, 7) is 0. The molecule has 0 amide bonds. The van der Waals surface area contributed by atoms with E-state index < -0.39 is 0 Å². The summed E-state index contributed by atoms with van der Waals surface area (Å²) in [5.41, 5.74) is 0. The van der Waals surface area contributed by atoms with Crippen LogP contribution in [0.15, 0.2) is 68.4 Å². The summed E-state index contributed by atoms with van der Waals surface area (Å²) in [7, 11) is 0. The molecular weight excluding hydrogens is 331 g/mol. The van der Waals surface area contributed by atoms with E-state index in [0.29, 0.717) is 0 Å². The van der Waals surface area contributed by atoms with E-state index in [1.807, 2.05) is 36.4 Å². The van der Waals surface area contributed by atoms with Crippen molar-refractivity contribution in [3.63, 3.8) is 0 Å². The third-order valence-corrected chi connectivity index (χ3v) is 5.37. The van der Waals surface area contributed by atoms with Crippen molar-refractivity contribution in [3.8, 4) is 0 Å². The molecule has 3 heterocycles. The molecular formula is C13H10IO3-. The maximum atomic E-state index is 5.49. The molecule has 0 atom stereocenters. The fourth-order valence-electron chi connectivity index (χ4n) is 1.55. The Balaban J connectivity index is 1.92. The van der Waals surface area contributed by atoms with Gasteiger partial charge in [-0.1, -0.05) is 0 Å². The van der Waals surface area contributed by atoms with Crippen molar-refractivity contribution in [2.45, 2.75) is 3.92 Å². The number of hydrogen-bond donors (Lipinski definition) is 0. The number of alkyl halides is 1. The molecule has 0 radical (unpaired) electrons. The summed E-state index contributed by atoms with van der Waals surface area (Å²) < 4.78 is 17.6. The van der Waals surface area contributed by atoms with Crippen LogP contribution in [0.1, 0.15) is 15.4 Å². The second-order valence-corrected chi connectivity index (χ2v) is 6.35. The van der Waals surface area contributed by atoms with Gasteiger partial charge in [-0.3, -0.25) is 0 Å². The summed E-state index contributed by atoms with van der Waals surface area (Å²) in [5.74, 6) is 1.87. The van der Waals surface area contributed by atoms with Crippen LogP contribution in [0.2, 0.25) is 0 Å². The van der Waals surface area contributed by atoms with E-state index in [4.69, 9.17) is 13.3 Å². The van der Waals surface area contributed by atoms with Crippen LogP contribution in [0.4, 0.5) is 0 Å². The predicted octanol–water partition coefficient (Wildman–Crippen LogP) is 0.514. The van der Waals surface area contributed by atoms with E-state index in [2.05, 4.69) is 0 Å². The molecule has 88 valence electrons. The molecule has 0 fully saturated rings. The van der Waals surface area contributed by atoms with Gasteiger partial charge in [-0.15, -0.1) is 0 Å². The number of halogens is 1. The fraction of sp³-hybridized carbons (Fsp3) is 0.0769. The monoisotopic (exact) mass is 341 g/mol. The first-order chi connectivity index (χ1) is 8.43. The first-order valence-electron chi connectivity index (χ1n) is 5.17. The summed E-state index contributed by atoms with van der Waals surface area (Å²) in [6, 6.07) is 11.7. The summed E-state index contributed by atoms with van der Waals surface area (Å²) in [4.78, 5) is 0. The molecule has 0 unspecified atom stereocenters. The fourth-order valence-corrected chi connectivity index (χ4v) is 4.19. The number of hydrogen-bond acceptors (Lipinski definition) is 3. The summed E-state index contributed by atoms with van der Waals surface area (Å²) in [5, 5.41) is 0. The Morgan fingerprint density at radius 2 is 1.35 bits per heavy atom. The van der Waals surface area contributed by atoms with Crippen molar-refractivity contribution in [3.05, 3.63) is 70.5 Å². The van der Waals surface area contributed by atoms with Gasteiger partial charge in [0, 0.05) is 0 Å². The van der Waals surface area contributed by atoms with E-state index in [1.165, 1.54) is 0 Å². The molecule has 3 aromatic rings.